The van der Waals surface area contributed by atoms with E-state index in [2.05, 4.69) is 5.32 Å². The average Bonchev–Trinajstić information content (AvgIpc) is 2.22. The van der Waals surface area contributed by atoms with Crippen LogP contribution in [0.1, 0.15) is 11.6 Å². The van der Waals surface area contributed by atoms with E-state index in [1.807, 2.05) is 0 Å². The lowest BCUT2D eigenvalue weighted by Gasteiger charge is -2.16. The van der Waals surface area contributed by atoms with Crippen molar-refractivity contribution in [3.63, 3.8) is 0 Å². The Morgan fingerprint density at radius 2 is 1.82 bits per heavy atom. The van der Waals surface area contributed by atoms with E-state index in [9.17, 15) is 21.6 Å². The predicted molar refractivity (Wildman–Crippen MR) is 57.8 cm³/mol. The summed E-state index contributed by atoms with van der Waals surface area (Å²) in [6, 6.07) is 0.876. The van der Waals surface area contributed by atoms with Crippen molar-refractivity contribution in [3.05, 3.63) is 35.1 Å². The Kier molecular flexibility index (Phi) is 4.16. The lowest BCUT2D eigenvalue weighted by atomic mass is 10.1. The van der Waals surface area contributed by atoms with E-state index in [-0.39, 0.29) is 5.56 Å². The molecular weight excluding hydrogens is 255 g/mol. The molecule has 1 rings (SSSR count). The maximum absolute atomic E-state index is 13.4. The number of benzene rings is 1. The van der Waals surface area contributed by atoms with E-state index in [4.69, 9.17) is 0 Å². The third-order valence-electron chi connectivity index (χ3n) is 2.26. The van der Waals surface area contributed by atoms with Gasteiger partial charge in [-0.25, -0.2) is 21.6 Å². The molecule has 1 N–H and O–H groups in total. The lowest BCUT2D eigenvalue weighted by molar-refractivity contribution is 0.432. The van der Waals surface area contributed by atoms with Crippen LogP contribution in [-0.4, -0.2) is 27.5 Å². The first kappa shape index (κ1) is 14.0. The highest BCUT2D eigenvalue weighted by atomic mass is 32.2. The molecular formula is C10H12F3NO2S. The summed E-state index contributed by atoms with van der Waals surface area (Å²) >= 11 is 0. The molecule has 0 heterocycles. The van der Waals surface area contributed by atoms with Gasteiger partial charge in [0.15, 0.2) is 17.5 Å². The highest BCUT2D eigenvalue weighted by Gasteiger charge is 2.22. The molecule has 7 heteroatoms. The third kappa shape index (κ3) is 3.44. The Hall–Kier alpha value is -1.08. The minimum absolute atomic E-state index is 0.211. The molecule has 0 bridgehead atoms. The molecule has 1 aromatic rings. The lowest BCUT2D eigenvalue weighted by Crippen LogP contribution is -2.26. The molecule has 1 unspecified atom stereocenters. The van der Waals surface area contributed by atoms with Crippen LogP contribution >= 0.6 is 0 Å². The number of rotatable bonds is 4. The fourth-order valence-electron chi connectivity index (χ4n) is 1.44. The van der Waals surface area contributed by atoms with Crippen molar-refractivity contribution >= 4 is 9.84 Å². The molecule has 0 aliphatic rings. The van der Waals surface area contributed by atoms with E-state index >= 15 is 0 Å². The quantitative estimate of drug-likeness (QED) is 0.839. The van der Waals surface area contributed by atoms with E-state index in [0.29, 0.717) is 0 Å². The fourth-order valence-corrected chi connectivity index (χ4v) is 2.39. The van der Waals surface area contributed by atoms with Crippen LogP contribution in [0.25, 0.3) is 0 Å². The van der Waals surface area contributed by atoms with Gasteiger partial charge in [0.25, 0.3) is 0 Å². The van der Waals surface area contributed by atoms with Gasteiger partial charge in [0.05, 0.1) is 5.75 Å². The third-order valence-corrected chi connectivity index (χ3v) is 3.20. The van der Waals surface area contributed by atoms with Gasteiger partial charge in [0.1, 0.15) is 9.84 Å². The smallest absolute Gasteiger partial charge is 0.194 e. The van der Waals surface area contributed by atoms with Crippen LogP contribution in [0.2, 0.25) is 0 Å². The molecule has 0 aliphatic heterocycles. The molecule has 0 fully saturated rings. The number of halogens is 3. The second-order valence-corrected chi connectivity index (χ2v) is 5.88. The summed E-state index contributed by atoms with van der Waals surface area (Å²) in [6.45, 7) is 0. The second-order valence-electron chi connectivity index (χ2n) is 3.70. The molecule has 17 heavy (non-hydrogen) atoms. The van der Waals surface area contributed by atoms with Gasteiger partial charge < -0.3 is 5.32 Å². The topological polar surface area (TPSA) is 46.2 Å². The Morgan fingerprint density at radius 1 is 1.24 bits per heavy atom. The van der Waals surface area contributed by atoms with Crippen molar-refractivity contribution in [2.75, 3.05) is 19.1 Å². The van der Waals surface area contributed by atoms with Gasteiger partial charge >= 0.3 is 0 Å². The summed E-state index contributed by atoms with van der Waals surface area (Å²) in [5.41, 5.74) is -0.211. The van der Waals surface area contributed by atoms with Crippen LogP contribution in [0.4, 0.5) is 13.2 Å². The maximum Gasteiger partial charge on any atom is 0.194 e. The van der Waals surface area contributed by atoms with Gasteiger partial charge in [-0.3, -0.25) is 0 Å². The van der Waals surface area contributed by atoms with Gasteiger partial charge in [-0.05, 0) is 13.1 Å². The summed E-state index contributed by atoms with van der Waals surface area (Å²) < 4.78 is 61.3. The fraction of sp³-hybridized carbons (Fsp3) is 0.400. The van der Waals surface area contributed by atoms with Crippen molar-refractivity contribution in [2.45, 2.75) is 6.04 Å². The molecule has 0 radical (unpaired) electrons. The second kappa shape index (κ2) is 5.05. The molecule has 0 spiro atoms. The molecule has 3 nitrogen and oxygen atoms in total. The van der Waals surface area contributed by atoms with Gasteiger partial charge in [-0.15, -0.1) is 0 Å². The summed E-state index contributed by atoms with van der Waals surface area (Å²) in [6.07, 6.45) is 0.981. The van der Waals surface area contributed by atoms with Crippen molar-refractivity contribution in [3.8, 4) is 0 Å². The minimum Gasteiger partial charge on any atom is -0.312 e. The molecule has 1 aromatic carbocycles. The van der Waals surface area contributed by atoms with Crippen LogP contribution in [0.15, 0.2) is 12.1 Å². The zero-order chi connectivity index (χ0) is 13.2. The number of nitrogens with one attached hydrogen (secondary N) is 1. The maximum atomic E-state index is 13.4. The number of sulfone groups is 1. The molecule has 96 valence electrons. The molecule has 0 aromatic heterocycles. The van der Waals surface area contributed by atoms with Crippen LogP contribution in [0, 0.1) is 17.5 Å². The van der Waals surface area contributed by atoms with Crippen molar-refractivity contribution < 1.29 is 21.6 Å². The van der Waals surface area contributed by atoms with E-state index in [1.165, 1.54) is 7.05 Å². The molecule has 0 amide bonds. The van der Waals surface area contributed by atoms with Crippen molar-refractivity contribution in [2.24, 2.45) is 0 Å². The normalized spacial score (nSPS) is 13.7. The van der Waals surface area contributed by atoms with Crippen LogP contribution in [-0.2, 0) is 9.84 Å². The first-order chi connectivity index (χ1) is 7.76. The van der Waals surface area contributed by atoms with E-state index in [1.54, 1.807) is 0 Å². The molecule has 0 saturated carbocycles. The van der Waals surface area contributed by atoms with Crippen molar-refractivity contribution in [1.29, 1.82) is 0 Å². The van der Waals surface area contributed by atoms with Crippen molar-refractivity contribution in [1.82, 2.24) is 5.32 Å². The number of hydrogen-bond acceptors (Lipinski definition) is 3. The molecule has 0 saturated heterocycles. The Bertz CT molecular complexity index is 517. The van der Waals surface area contributed by atoms with E-state index < -0.39 is 39.1 Å². The zero-order valence-corrected chi connectivity index (χ0v) is 10.1. The SMILES string of the molecule is CNC(CS(C)(=O)=O)c1ccc(F)c(F)c1F. The monoisotopic (exact) mass is 267 g/mol. The Balaban J connectivity index is 3.18. The van der Waals surface area contributed by atoms with Gasteiger partial charge in [0, 0.05) is 17.9 Å². The summed E-state index contributed by atoms with van der Waals surface area (Å²) in [5, 5.41) is 2.55. The van der Waals surface area contributed by atoms with Crippen LogP contribution in [0.5, 0.6) is 0 Å². The minimum atomic E-state index is -3.37. The first-order valence-corrected chi connectivity index (χ1v) is 6.80. The number of hydrogen-bond donors (Lipinski definition) is 1. The average molecular weight is 267 g/mol. The Morgan fingerprint density at radius 3 is 2.29 bits per heavy atom. The summed E-state index contributed by atoms with van der Waals surface area (Å²) in [7, 11) is -1.96. The molecule has 0 aliphatic carbocycles. The largest absolute Gasteiger partial charge is 0.312 e. The van der Waals surface area contributed by atoms with Gasteiger partial charge in [0.2, 0.25) is 0 Å². The van der Waals surface area contributed by atoms with Crippen LogP contribution < -0.4 is 5.32 Å². The highest BCUT2D eigenvalue weighted by molar-refractivity contribution is 7.90. The summed E-state index contributed by atoms with van der Waals surface area (Å²) in [5.74, 6) is -4.67. The standard InChI is InChI=1S/C10H12F3NO2S/c1-14-8(5-17(2,15)16)6-3-4-7(11)10(13)9(6)12/h3-4,8,14H,5H2,1-2H3. The highest BCUT2D eigenvalue weighted by Crippen LogP contribution is 2.22. The van der Waals surface area contributed by atoms with Gasteiger partial charge in [-0.2, -0.15) is 0 Å². The Labute approximate surface area is 97.6 Å². The van der Waals surface area contributed by atoms with E-state index in [0.717, 1.165) is 18.4 Å². The first-order valence-electron chi connectivity index (χ1n) is 4.74. The predicted octanol–water partition coefficient (Wildman–Crippen LogP) is 1.41. The van der Waals surface area contributed by atoms with Crippen LogP contribution in [0.3, 0.4) is 0 Å². The molecule has 1 atom stereocenters. The summed E-state index contributed by atoms with van der Waals surface area (Å²) in [4.78, 5) is 0. The zero-order valence-electron chi connectivity index (χ0n) is 9.30. The van der Waals surface area contributed by atoms with Gasteiger partial charge in [-0.1, -0.05) is 6.07 Å².